The van der Waals surface area contributed by atoms with Crippen molar-refractivity contribution in [1.29, 1.82) is 0 Å². The smallest absolute Gasteiger partial charge is 0.291 e. The van der Waals surface area contributed by atoms with Gasteiger partial charge >= 0.3 is 0 Å². The molecule has 1 amide bonds. The first-order valence-electron chi connectivity index (χ1n) is 10.2. The molecule has 2 aromatic carbocycles. The molecule has 0 unspecified atom stereocenters. The van der Waals surface area contributed by atoms with Crippen LogP contribution in [0.25, 0.3) is 11.1 Å². The Hall–Kier alpha value is -3.19. The quantitative estimate of drug-likeness (QED) is 0.672. The first-order valence-corrected chi connectivity index (χ1v) is 10.2. The minimum absolute atomic E-state index is 0.0790. The van der Waals surface area contributed by atoms with Crippen molar-refractivity contribution in [3.05, 3.63) is 66.2 Å². The van der Waals surface area contributed by atoms with Crippen molar-refractivity contribution in [2.75, 3.05) is 20.3 Å². The Morgan fingerprint density at radius 1 is 1.23 bits per heavy atom. The molecule has 2 heterocycles. The second-order valence-electron chi connectivity index (χ2n) is 7.28. The topological polar surface area (TPSA) is 80.3 Å². The first kappa shape index (κ1) is 20.1. The normalized spacial score (nSPS) is 18.7. The highest BCUT2D eigenvalue weighted by Gasteiger charge is 2.32. The van der Waals surface area contributed by atoms with Crippen LogP contribution in [0.5, 0.6) is 5.75 Å². The van der Waals surface area contributed by atoms with E-state index in [4.69, 9.17) is 9.47 Å². The molecular formula is C23H26N4O3. The van der Waals surface area contributed by atoms with Crippen LogP contribution >= 0.6 is 0 Å². The van der Waals surface area contributed by atoms with Gasteiger partial charge < -0.3 is 14.4 Å². The highest BCUT2D eigenvalue weighted by Crippen LogP contribution is 2.37. The van der Waals surface area contributed by atoms with Crippen molar-refractivity contribution in [1.82, 2.24) is 20.1 Å². The van der Waals surface area contributed by atoms with E-state index in [1.807, 2.05) is 36.1 Å². The largest absolute Gasteiger partial charge is 0.497 e. The minimum Gasteiger partial charge on any atom is -0.497 e. The highest BCUT2D eigenvalue weighted by atomic mass is 16.5. The molecule has 1 N–H and O–H groups in total. The number of amides is 1. The number of carbonyl (C=O) groups is 1. The van der Waals surface area contributed by atoms with Crippen LogP contribution in [0.1, 0.15) is 42.1 Å². The maximum Gasteiger partial charge on any atom is 0.291 e. The van der Waals surface area contributed by atoms with E-state index < -0.39 is 0 Å². The zero-order valence-electron chi connectivity index (χ0n) is 17.2. The summed E-state index contributed by atoms with van der Waals surface area (Å²) in [5.41, 5.74) is 3.38. The number of hydrogen-bond acceptors (Lipinski definition) is 5. The molecule has 0 spiro atoms. The highest BCUT2D eigenvalue weighted by molar-refractivity contribution is 5.90. The van der Waals surface area contributed by atoms with Gasteiger partial charge in [0.05, 0.1) is 13.2 Å². The van der Waals surface area contributed by atoms with Gasteiger partial charge in [0.15, 0.2) is 0 Å². The van der Waals surface area contributed by atoms with Crippen LogP contribution in [0.2, 0.25) is 0 Å². The van der Waals surface area contributed by atoms with E-state index in [1.165, 1.54) is 6.33 Å². The molecule has 7 heteroatoms. The Bertz CT molecular complexity index is 972. The zero-order chi connectivity index (χ0) is 20.9. The van der Waals surface area contributed by atoms with E-state index in [-0.39, 0.29) is 23.9 Å². The third kappa shape index (κ3) is 4.07. The molecule has 0 radical (unpaired) electrons. The number of carbonyl (C=O) groups excluding carboxylic acids is 1. The van der Waals surface area contributed by atoms with Crippen molar-refractivity contribution in [3.63, 3.8) is 0 Å². The molecule has 1 aliphatic rings. The van der Waals surface area contributed by atoms with Crippen molar-refractivity contribution >= 4 is 5.91 Å². The summed E-state index contributed by atoms with van der Waals surface area (Å²) in [6.07, 6.45) is 2.81. The Kier molecular flexibility index (Phi) is 6.09. The number of rotatable bonds is 6. The lowest BCUT2D eigenvalue weighted by atomic mass is 9.90. The molecule has 1 fully saturated rings. The molecule has 0 bridgehead atoms. The number of H-pyrrole nitrogens is 1. The van der Waals surface area contributed by atoms with E-state index in [0.29, 0.717) is 13.2 Å². The van der Waals surface area contributed by atoms with Gasteiger partial charge in [-0.2, -0.15) is 5.10 Å². The van der Waals surface area contributed by atoms with Crippen LogP contribution in [-0.2, 0) is 4.74 Å². The van der Waals surface area contributed by atoms with Crippen LogP contribution in [0.15, 0.2) is 54.9 Å². The van der Waals surface area contributed by atoms with Crippen LogP contribution in [0, 0.1) is 0 Å². The van der Waals surface area contributed by atoms with Crippen LogP contribution in [0.4, 0.5) is 0 Å². The summed E-state index contributed by atoms with van der Waals surface area (Å²) in [6.45, 7) is 3.20. The van der Waals surface area contributed by atoms with Gasteiger partial charge in [0.2, 0.25) is 5.82 Å². The van der Waals surface area contributed by atoms with Gasteiger partial charge in [-0.05, 0) is 48.6 Å². The molecule has 1 aromatic heterocycles. The third-order valence-electron chi connectivity index (χ3n) is 5.62. The molecule has 4 rings (SSSR count). The van der Waals surface area contributed by atoms with E-state index >= 15 is 0 Å². The number of nitrogens with zero attached hydrogens (tertiary/aromatic N) is 3. The number of methoxy groups -OCH3 is 1. The van der Waals surface area contributed by atoms with Crippen molar-refractivity contribution in [2.24, 2.45) is 0 Å². The minimum atomic E-state index is -0.121. The molecule has 1 aliphatic heterocycles. The summed E-state index contributed by atoms with van der Waals surface area (Å²) < 4.78 is 11.5. The number of ether oxygens (including phenoxy) is 2. The SMILES string of the molecule is CCN(C(=O)c1ncn[nH]1)[C@H]1CCO[C@@H](c2ccccc2-c2ccc(OC)cc2)C1. The third-order valence-corrected chi connectivity index (χ3v) is 5.62. The summed E-state index contributed by atoms with van der Waals surface area (Å²) in [5, 5.41) is 6.49. The second kappa shape index (κ2) is 9.09. The molecule has 0 saturated carbocycles. The first-order chi connectivity index (χ1) is 14.7. The summed E-state index contributed by atoms with van der Waals surface area (Å²) >= 11 is 0. The maximum absolute atomic E-state index is 12.9. The fourth-order valence-corrected chi connectivity index (χ4v) is 4.10. The summed E-state index contributed by atoms with van der Waals surface area (Å²) in [6, 6.07) is 16.4. The summed E-state index contributed by atoms with van der Waals surface area (Å²) in [4.78, 5) is 18.8. The van der Waals surface area contributed by atoms with E-state index in [2.05, 4.69) is 39.4 Å². The van der Waals surface area contributed by atoms with Gasteiger partial charge in [-0.25, -0.2) is 4.98 Å². The lowest BCUT2D eigenvalue weighted by Gasteiger charge is -2.37. The second-order valence-corrected chi connectivity index (χ2v) is 7.28. The molecule has 1 saturated heterocycles. The van der Waals surface area contributed by atoms with Crippen LogP contribution in [-0.4, -0.2) is 52.3 Å². The van der Waals surface area contributed by atoms with E-state index in [0.717, 1.165) is 35.3 Å². The van der Waals surface area contributed by atoms with Gasteiger partial charge in [-0.15, -0.1) is 0 Å². The maximum atomic E-state index is 12.9. The lowest BCUT2D eigenvalue weighted by molar-refractivity contribution is -0.0231. The van der Waals surface area contributed by atoms with Gasteiger partial charge in [-0.1, -0.05) is 36.4 Å². The van der Waals surface area contributed by atoms with Crippen molar-refractivity contribution in [2.45, 2.75) is 31.9 Å². The molecule has 0 aliphatic carbocycles. The average molecular weight is 406 g/mol. The number of nitrogens with one attached hydrogen (secondary N) is 1. The monoisotopic (exact) mass is 406 g/mol. The number of hydrogen-bond donors (Lipinski definition) is 1. The number of aromatic nitrogens is 3. The Morgan fingerprint density at radius 2 is 2.03 bits per heavy atom. The molecule has 3 aromatic rings. The van der Waals surface area contributed by atoms with Crippen molar-refractivity contribution in [3.8, 4) is 16.9 Å². The molecule has 30 heavy (non-hydrogen) atoms. The predicted molar refractivity (Wildman–Crippen MR) is 113 cm³/mol. The van der Waals surface area contributed by atoms with Gasteiger partial charge in [0.1, 0.15) is 12.1 Å². The van der Waals surface area contributed by atoms with Crippen molar-refractivity contribution < 1.29 is 14.3 Å². The Balaban J connectivity index is 1.58. The Labute approximate surface area is 176 Å². The predicted octanol–water partition coefficient (Wildman–Crippen LogP) is 3.86. The summed E-state index contributed by atoms with van der Waals surface area (Å²) in [5.74, 6) is 0.984. The number of benzene rings is 2. The van der Waals surface area contributed by atoms with Crippen LogP contribution < -0.4 is 4.74 Å². The fourth-order valence-electron chi connectivity index (χ4n) is 4.10. The van der Waals surface area contributed by atoms with Gasteiger partial charge in [0.25, 0.3) is 5.91 Å². The lowest BCUT2D eigenvalue weighted by Crippen LogP contribution is -2.44. The molecule has 2 atom stereocenters. The van der Waals surface area contributed by atoms with Crippen LogP contribution in [0.3, 0.4) is 0 Å². The zero-order valence-corrected chi connectivity index (χ0v) is 17.2. The van der Waals surface area contributed by atoms with E-state index in [1.54, 1.807) is 7.11 Å². The average Bonchev–Trinajstić information content (AvgIpc) is 3.35. The number of aromatic amines is 1. The molecule has 156 valence electrons. The Morgan fingerprint density at radius 3 is 2.73 bits per heavy atom. The van der Waals surface area contributed by atoms with E-state index in [9.17, 15) is 4.79 Å². The fraction of sp³-hybridized carbons (Fsp3) is 0.348. The van der Waals surface area contributed by atoms with Gasteiger partial charge in [-0.3, -0.25) is 9.89 Å². The molecular weight excluding hydrogens is 380 g/mol. The standard InChI is InChI=1S/C23H26N4O3/c1-3-27(23(28)22-24-15-25-26-22)17-12-13-30-21(14-17)20-7-5-4-6-19(20)16-8-10-18(29-2)11-9-16/h4-11,15,17,21H,3,12-14H2,1-2H3,(H,24,25,26)/t17-,21+/m0/s1. The molecule has 7 nitrogen and oxygen atoms in total. The van der Waals surface area contributed by atoms with Gasteiger partial charge in [0, 0.05) is 19.2 Å². The summed E-state index contributed by atoms with van der Waals surface area (Å²) in [7, 11) is 1.67.